The molecule has 0 saturated heterocycles. The van der Waals surface area contributed by atoms with Crippen LogP contribution in [0.1, 0.15) is 35.8 Å². The first kappa shape index (κ1) is 16.5. The number of ether oxygens (including phenoxy) is 2. The van der Waals surface area contributed by atoms with Gasteiger partial charge < -0.3 is 9.47 Å². The van der Waals surface area contributed by atoms with Gasteiger partial charge in [0.15, 0.2) is 17.3 Å². The quantitative estimate of drug-likeness (QED) is 0.545. The molecule has 27 heavy (non-hydrogen) atoms. The van der Waals surface area contributed by atoms with Gasteiger partial charge in [-0.25, -0.2) is 9.97 Å². The molecule has 0 saturated carbocycles. The van der Waals surface area contributed by atoms with Crippen LogP contribution in [0.3, 0.4) is 0 Å². The lowest BCUT2D eigenvalue weighted by molar-refractivity contribution is 0.297. The molecule has 1 N–H and O–H groups in total. The minimum atomic E-state index is 0.674. The van der Waals surface area contributed by atoms with Gasteiger partial charge in [-0.15, -0.1) is 11.3 Å². The van der Waals surface area contributed by atoms with Crippen LogP contribution >= 0.6 is 11.3 Å². The summed E-state index contributed by atoms with van der Waals surface area (Å²) >= 11 is 1.78. The van der Waals surface area contributed by atoms with E-state index in [1.165, 1.54) is 16.9 Å². The first-order valence-electron chi connectivity index (χ1n) is 9.25. The van der Waals surface area contributed by atoms with Gasteiger partial charge in [0.2, 0.25) is 0 Å². The van der Waals surface area contributed by atoms with Crippen LogP contribution in [-0.4, -0.2) is 28.9 Å². The maximum atomic E-state index is 5.78. The summed E-state index contributed by atoms with van der Waals surface area (Å²) in [6.45, 7) is 3.34. The number of benzene rings is 1. The summed E-state index contributed by atoms with van der Waals surface area (Å²) in [5.74, 6) is 2.36. The number of fused-ring (bicyclic) bond motifs is 4. The van der Waals surface area contributed by atoms with Crippen molar-refractivity contribution in [1.29, 1.82) is 0 Å². The Balaban J connectivity index is 1.44. The Morgan fingerprint density at radius 2 is 2.00 bits per heavy atom. The molecule has 0 amide bonds. The van der Waals surface area contributed by atoms with Gasteiger partial charge in [-0.2, -0.15) is 5.10 Å². The molecule has 1 aromatic carbocycles. The minimum absolute atomic E-state index is 0.674. The Kier molecular flexibility index (Phi) is 4.16. The predicted octanol–water partition coefficient (Wildman–Crippen LogP) is 4.18. The fourth-order valence-electron chi connectivity index (χ4n) is 3.60. The van der Waals surface area contributed by atoms with E-state index < -0.39 is 0 Å². The van der Waals surface area contributed by atoms with Crippen LogP contribution in [0.15, 0.2) is 29.6 Å². The number of rotatable bonds is 3. The highest BCUT2D eigenvalue weighted by Crippen LogP contribution is 2.39. The molecule has 0 unspecified atom stereocenters. The summed E-state index contributed by atoms with van der Waals surface area (Å²) in [5.41, 5.74) is 6.41. The maximum absolute atomic E-state index is 5.78. The van der Waals surface area contributed by atoms with Crippen molar-refractivity contribution in [2.75, 3.05) is 18.6 Å². The standard InChI is InChI=1S/C20H20N4O2S/c1-12(13-6-7-15-16(10-13)26-9-3-8-25-15)23-24-19-18-14-4-2-5-17(14)27-20(18)22-11-21-19/h6-7,10-11H,2-5,8-9H2,1H3,(H,21,22,24)/b23-12-. The van der Waals surface area contributed by atoms with Gasteiger partial charge in [0.25, 0.3) is 0 Å². The molecule has 0 bridgehead atoms. The number of anilines is 1. The third-order valence-electron chi connectivity index (χ3n) is 5.00. The molecule has 3 aromatic rings. The Bertz CT molecular complexity index is 1040. The molecule has 0 atom stereocenters. The van der Waals surface area contributed by atoms with E-state index in [0.29, 0.717) is 13.2 Å². The molecule has 3 heterocycles. The molecule has 0 spiro atoms. The van der Waals surface area contributed by atoms with Crippen molar-refractivity contribution in [3.05, 3.63) is 40.5 Å². The van der Waals surface area contributed by atoms with Gasteiger partial charge in [-0.3, -0.25) is 5.43 Å². The van der Waals surface area contributed by atoms with Gasteiger partial charge in [0.05, 0.1) is 24.3 Å². The van der Waals surface area contributed by atoms with Crippen molar-refractivity contribution in [2.24, 2.45) is 5.10 Å². The number of aryl methyl sites for hydroxylation is 2. The van der Waals surface area contributed by atoms with Crippen LogP contribution in [0.25, 0.3) is 10.2 Å². The SMILES string of the molecule is C/C(=N/Nc1ncnc2sc3c(c12)CCC3)c1ccc2c(c1)OCCCO2. The van der Waals surface area contributed by atoms with E-state index >= 15 is 0 Å². The van der Waals surface area contributed by atoms with Crippen molar-refractivity contribution in [2.45, 2.75) is 32.6 Å². The van der Waals surface area contributed by atoms with Crippen LogP contribution in [0.4, 0.5) is 5.82 Å². The van der Waals surface area contributed by atoms with Crippen molar-refractivity contribution < 1.29 is 9.47 Å². The van der Waals surface area contributed by atoms with Gasteiger partial charge in [-0.05, 0) is 49.9 Å². The first-order chi connectivity index (χ1) is 13.3. The van der Waals surface area contributed by atoms with E-state index in [1.807, 2.05) is 25.1 Å². The number of hydrogen-bond donors (Lipinski definition) is 1. The molecule has 2 aromatic heterocycles. The van der Waals surface area contributed by atoms with Crippen LogP contribution in [0.2, 0.25) is 0 Å². The average Bonchev–Trinajstić information content (AvgIpc) is 3.19. The van der Waals surface area contributed by atoms with E-state index in [0.717, 1.165) is 58.1 Å². The van der Waals surface area contributed by atoms with Crippen LogP contribution in [0, 0.1) is 0 Å². The second-order valence-corrected chi connectivity index (χ2v) is 7.86. The Labute approximate surface area is 161 Å². The summed E-state index contributed by atoms with van der Waals surface area (Å²) in [7, 11) is 0. The van der Waals surface area contributed by atoms with Crippen LogP contribution < -0.4 is 14.9 Å². The summed E-state index contributed by atoms with van der Waals surface area (Å²) in [6, 6.07) is 5.94. The largest absolute Gasteiger partial charge is 0.490 e. The maximum Gasteiger partial charge on any atom is 0.161 e. The van der Waals surface area contributed by atoms with Crippen LogP contribution in [0.5, 0.6) is 11.5 Å². The summed E-state index contributed by atoms with van der Waals surface area (Å²) in [5, 5.41) is 5.71. The monoisotopic (exact) mass is 380 g/mol. The molecule has 0 radical (unpaired) electrons. The zero-order chi connectivity index (χ0) is 18.2. The molecule has 138 valence electrons. The smallest absolute Gasteiger partial charge is 0.161 e. The first-order valence-corrected chi connectivity index (χ1v) is 10.1. The van der Waals surface area contributed by atoms with Crippen molar-refractivity contribution in [1.82, 2.24) is 9.97 Å². The molecule has 5 rings (SSSR count). The summed E-state index contributed by atoms with van der Waals surface area (Å²) in [4.78, 5) is 11.4. The third-order valence-corrected chi connectivity index (χ3v) is 6.20. The van der Waals surface area contributed by atoms with Crippen molar-refractivity contribution in [3.8, 4) is 11.5 Å². The highest BCUT2D eigenvalue weighted by Gasteiger charge is 2.21. The third kappa shape index (κ3) is 3.02. The van der Waals surface area contributed by atoms with E-state index in [2.05, 4.69) is 20.5 Å². The highest BCUT2D eigenvalue weighted by molar-refractivity contribution is 7.19. The fourth-order valence-corrected chi connectivity index (χ4v) is 4.83. The minimum Gasteiger partial charge on any atom is -0.490 e. The second-order valence-electron chi connectivity index (χ2n) is 6.78. The van der Waals surface area contributed by atoms with Gasteiger partial charge in [0.1, 0.15) is 11.2 Å². The predicted molar refractivity (Wildman–Crippen MR) is 107 cm³/mol. The lowest BCUT2D eigenvalue weighted by Crippen LogP contribution is -2.03. The van der Waals surface area contributed by atoms with Gasteiger partial charge in [-0.1, -0.05) is 0 Å². The van der Waals surface area contributed by atoms with E-state index in [4.69, 9.17) is 9.47 Å². The van der Waals surface area contributed by atoms with Crippen molar-refractivity contribution in [3.63, 3.8) is 0 Å². The second kappa shape index (κ2) is 6.81. The normalized spacial score (nSPS) is 16.3. The molecule has 1 aliphatic heterocycles. The fraction of sp³-hybridized carbons (Fsp3) is 0.350. The number of thiophene rings is 1. The van der Waals surface area contributed by atoms with E-state index in [9.17, 15) is 0 Å². The Hall–Kier alpha value is -2.67. The molecular formula is C20H20N4O2S. The number of aromatic nitrogens is 2. The number of nitrogens with one attached hydrogen (secondary N) is 1. The van der Waals surface area contributed by atoms with Crippen LogP contribution in [-0.2, 0) is 12.8 Å². The van der Waals surface area contributed by atoms with Gasteiger partial charge >= 0.3 is 0 Å². The Morgan fingerprint density at radius 1 is 1.11 bits per heavy atom. The molecule has 6 nitrogen and oxygen atoms in total. The van der Waals surface area contributed by atoms with E-state index in [1.54, 1.807) is 17.7 Å². The van der Waals surface area contributed by atoms with Gasteiger partial charge in [0, 0.05) is 16.9 Å². The zero-order valence-corrected chi connectivity index (χ0v) is 15.9. The lowest BCUT2D eigenvalue weighted by Gasteiger charge is -2.09. The zero-order valence-electron chi connectivity index (χ0n) is 15.1. The van der Waals surface area contributed by atoms with E-state index in [-0.39, 0.29) is 0 Å². The lowest BCUT2D eigenvalue weighted by atomic mass is 10.1. The highest BCUT2D eigenvalue weighted by atomic mass is 32.1. The molecular weight excluding hydrogens is 360 g/mol. The number of hydrazone groups is 1. The van der Waals surface area contributed by atoms with Crippen molar-refractivity contribution >= 4 is 33.1 Å². The molecule has 2 aliphatic rings. The Morgan fingerprint density at radius 3 is 2.93 bits per heavy atom. The molecule has 1 aliphatic carbocycles. The average molecular weight is 380 g/mol. The molecule has 7 heteroatoms. The number of nitrogens with zero attached hydrogens (tertiary/aromatic N) is 3. The molecule has 0 fully saturated rings. The summed E-state index contributed by atoms with van der Waals surface area (Å²) < 4.78 is 11.5. The summed E-state index contributed by atoms with van der Waals surface area (Å²) in [6.07, 6.45) is 5.96. The topological polar surface area (TPSA) is 68.6 Å². The number of hydrogen-bond acceptors (Lipinski definition) is 7.